The molecule has 3 aromatic heterocycles. The monoisotopic (exact) mass is 460 g/mol. The summed E-state index contributed by atoms with van der Waals surface area (Å²) < 4.78 is 24.5. The smallest absolute Gasteiger partial charge is 0.297 e. The number of hydrogen-bond donors (Lipinski definition) is 0. The normalized spacial score (nSPS) is 11.9. The molecule has 5 aromatic rings. The van der Waals surface area contributed by atoms with Crippen LogP contribution in [0, 0.1) is 12.7 Å². The molecule has 0 saturated carbocycles. The second kappa shape index (κ2) is 8.55. The maximum Gasteiger partial charge on any atom is 0.297 e. The molecule has 3 heterocycles. The van der Waals surface area contributed by atoms with Crippen molar-refractivity contribution in [2.24, 2.45) is 12.0 Å². The van der Waals surface area contributed by atoms with Crippen LogP contribution in [0.25, 0.3) is 16.9 Å². The number of benzene rings is 2. The summed E-state index contributed by atoms with van der Waals surface area (Å²) in [4.78, 5) is 18.8. The SMILES string of the molecule is Cc1c(N=c2scc(-c3ccc(F)cc3)n2Cc2ccco2)c(=O)n(-c2ccccc2)n1C. The van der Waals surface area contributed by atoms with Crippen LogP contribution in [0.4, 0.5) is 10.1 Å². The van der Waals surface area contributed by atoms with E-state index in [1.165, 1.54) is 23.5 Å². The molecular formula is C25H21FN4O2S. The third-order valence-electron chi connectivity index (χ3n) is 5.56. The van der Waals surface area contributed by atoms with Gasteiger partial charge in [0.2, 0.25) is 0 Å². The first-order valence-electron chi connectivity index (χ1n) is 10.4. The Morgan fingerprint density at radius 2 is 1.79 bits per heavy atom. The highest BCUT2D eigenvalue weighted by Crippen LogP contribution is 2.23. The Labute approximate surface area is 193 Å². The maximum atomic E-state index is 13.5. The van der Waals surface area contributed by atoms with E-state index in [1.807, 2.05) is 71.1 Å². The lowest BCUT2D eigenvalue weighted by molar-refractivity contribution is 0.492. The predicted molar refractivity (Wildman–Crippen MR) is 126 cm³/mol. The number of halogens is 1. The molecule has 0 aliphatic carbocycles. The van der Waals surface area contributed by atoms with E-state index in [-0.39, 0.29) is 11.4 Å². The molecule has 6 nitrogen and oxygen atoms in total. The summed E-state index contributed by atoms with van der Waals surface area (Å²) in [6.07, 6.45) is 1.62. The van der Waals surface area contributed by atoms with Crippen LogP contribution in [0.3, 0.4) is 0 Å². The molecule has 2 aromatic carbocycles. The van der Waals surface area contributed by atoms with Gasteiger partial charge in [-0.15, -0.1) is 11.3 Å². The van der Waals surface area contributed by atoms with Crippen molar-refractivity contribution in [1.82, 2.24) is 13.9 Å². The molecule has 5 rings (SSSR count). The third kappa shape index (κ3) is 3.89. The molecule has 0 unspecified atom stereocenters. The highest BCUT2D eigenvalue weighted by Gasteiger charge is 2.17. The second-order valence-electron chi connectivity index (χ2n) is 7.60. The molecule has 0 saturated heterocycles. The van der Waals surface area contributed by atoms with Crippen molar-refractivity contribution in [1.29, 1.82) is 0 Å². The summed E-state index contributed by atoms with van der Waals surface area (Å²) in [6.45, 7) is 2.31. The summed E-state index contributed by atoms with van der Waals surface area (Å²) in [5.41, 5.74) is 3.44. The zero-order valence-corrected chi connectivity index (χ0v) is 18.9. The van der Waals surface area contributed by atoms with Crippen LogP contribution in [0.5, 0.6) is 0 Å². The fraction of sp³-hybridized carbons (Fsp3) is 0.120. The molecule has 33 heavy (non-hydrogen) atoms. The molecule has 0 atom stereocenters. The second-order valence-corrected chi connectivity index (χ2v) is 8.43. The van der Waals surface area contributed by atoms with E-state index in [0.717, 1.165) is 28.4 Å². The van der Waals surface area contributed by atoms with Gasteiger partial charge in [-0.05, 0) is 61.0 Å². The quantitative estimate of drug-likeness (QED) is 0.370. The summed E-state index contributed by atoms with van der Waals surface area (Å²) >= 11 is 1.42. The van der Waals surface area contributed by atoms with E-state index >= 15 is 0 Å². The van der Waals surface area contributed by atoms with Gasteiger partial charge in [-0.3, -0.25) is 9.48 Å². The van der Waals surface area contributed by atoms with Gasteiger partial charge in [0.1, 0.15) is 11.6 Å². The van der Waals surface area contributed by atoms with Crippen molar-refractivity contribution >= 4 is 17.0 Å². The van der Waals surface area contributed by atoms with E-state index in [9.17, 15) is 9.18 Å². The maximum absolute atomic E-state index is 13.5. The lowest BCUT2D eigenvalue weighted by atomic mass is 10.1. The van der Waals surface area contributed by atoms with Crippen LogP contribution in [-0.4, -0.2) is 13.9 Å². The molecule has 8 heteroatoms. The van der Waals surface area contributed by atoms with Crippen LogP contribution >= 0.6 is 11.3 Å². The van der Waals surface area contributed by atoms with E-state index in [2.05, 4.69) is 0 Å². The first-order valence-corrected chi connectivity index (χ1v) is 11.3. The Kier molecular flexibility index (Phi) is 5.43. The topological polar surface area (TPSA) is 57.4 Å². The van der Waals surface area contributed by atoms with Crippen molar-refractivity contribution in [3.8, 4) is 16.9 Å². The number of rotatable bonds is 5. The van der Waals surface area contributed by atoms with Gasteiger partial charge in [-0.2, -0.15) is 0 Å². The van der Waals surface area contributed by atoms with Gasteiger partial charge in [0, 0.05) is 12.4 Å². The van der Waals surface area contributed by atoms with Gasteiger partial charge in [-0.25, -0.2) is 14.1 Å². The lowest BCUT2D eigenvalue weighted by Gasteiger charge is -2.08. The number of para-hydroxylation sites is 1. The van der Waals surface area contributed by atoms with Gasteiger partial charge in [-0.1, -0.05) is 18.2 Å². The molecule has 0 aliphatic heterocycles. The van der Waals surface area contributed by atoms with Gasteiger partial charge in [0.25, 0.3) is 5.56 Å². The first-order chi connectivity index (χ1) is 16.0. The van der Waals surface area contributed by atoms with Crippen molar-refractivity contribution in [3.63, 3.8) is 0 Å². The largest absolute Gasteiger partial charge is 0.467 e. The van der Waals surface area contributed by atoms with Gasteiger partial charge < -0.3 is 8.98 Å². The Morgan fingerprint density at radius 3 is 2.48 bits per heavy atom. The Bertz CT molecular complexity index is 1520. The Morgan fingerprint density at radius 1 is 1.03 bits per heavy atom. The number of thiazole rings is 1. The minimum Gasteiger partial charge on any atom is -0.467 e. The van der Waals surface area contributed by atoms with Crippen LogP contribution in [0.2, 0.25) is 0 Å². The molecule has 166 valence electrons. The molecular weight excluding hydrogens is 439 g/mol. The molecule has 0 fully saturated rings. The van der Waals surface area contributed by atoms with E-state index in [0.29, 0.717) is 17.0 Å². The van der Waals surface area contributed by atoms with E-state index in [1.54, 1.807) is 23.1 Å². The number of aromatic nitrogens is 3. The molecule has 0 spiro atoms. The molecule has 0 N–H and O–H groups in total. The van der Waals surface area contributed by atoms with E-state index in [4.69, 9.17) is 9.41 Å². The number of furan rings is 1. The van der Waals surface area contributed by atoms with Gasteiger partial charge in [0.05, 0.1) is 29.9 Å². The fourth-order valence-corrected chi connectivity index (χ4v) is 4.67. The highest BCUT2D eigenvalue weighted by atomic mass is 32.1. The summed E-state index contributed by atoms with van der Waals surface area (Å²) in [6, 6.07) is 19.5. The van der Waals surface area contributed by atoms with Gasteiger partial charge >= 0.3 is 0 Å². The Hall–Kier alpha value is -3.91. The van der Waals surface area contributed by atoms with Crippen LogP contribution in [0.1, 0.15) is 11.5 Å². The van der Waals surface area contributed by atoms with E-state index < -0.39 is 0 Å². The van der Waals surface area contributed by atoms with Crippen LogP contribution in [-0.2, 0) is 13.6 Å². The molecule has 0 aliphatic rings. The first kappa shape index (κ1) is 21.0. The molecule has 0 amide bonds. The average molecular weight is 461 g/mol. The molecule has 0 bridgehead atoms. The molecule has 0 radical (unpaired) electrons. The van der Waals surface area contributed by atoms with Crippen molar-refractivity contribution in [2.75, 3.05) is 0 Å². The van der Waals surface area contributed by atoms with Crippen LogP contribution in [0.15, 0.2) is 92.6 Å². The predicted octanol–water partition coefficient (Wildman–Crippen LogP) is 5.03. The minimum atomic E-state index is -0.294. The van der Waals surface area contributed by atoms with Crippen molar-refractivity contribution in [3.05, 3.63) is 111 Å². The van der Waals surface area contributed by atoms with Crippen molar-refractivity contribution < 1.29 is 8.81 Å². The van der Waals surface area contributed by atoms with Gasteiger partial charge in [0.15, 0.2) is 10.5 Å². The summed E-state index contributed by atoms with van der Waals surface area (Å²) in [5, 5.41) is 1.96. The minimum absolute atomic E-state index is 0.192. The zero-order chi connectivity index (χ0) is 22.9. The number of hydrogen-bond acceptors (Lipinski definition) is 4. The highest BCUT2D eigenvalue weighted by molar-refractivity contribution is 7.07. The third-order valence-corrected chi connectivity index (χ3v) is 6.43. The zero-order valence-electron chi connectivity index (χ0n) is 18.1. The number of nitrogens with zero attached hydrogens (tertiary/aromatic N) is 4. The van der Waals surface area contributed by atoms with Crippen LogP contribution < -0.4 is 10.4 Å². The fourth-order valence-electron chi connectivity index (χ4n) is 3.76. The summed E-state index contributed by atoms with van der Waals surface area (Å²) in [5.74, 6) is 0.461. The average Bonchev–Trinajstić information content (AvgIpc) is 3.53. The standard InChI is InChI=1S/C25H21FN4O2S/c1-17-23(24(31)30(28(17)2)20-7-4-3-5-8-20)27-25-29(15-21-9-6-14-32-21)22(16-33-25)18-10-12-19(26)13-11-18/h3-14,16H,15H2,1-2H3. The summed E-state index contributed by atoms with van der Waals surface area (Å²) in [7, 11) is 1.85. The van der Waals surface area contributed by atoms with Crippen molar-refractivity contribution in [2.45, 2.75) is 13.5 Å². The lowest BCUT2D eigenvalue weighted by Crippen LogP contribution is -2.20. The Balaban J connectivity index is 1.69.